The van der Waals surface area contributed by atoms with Crippen LogP contribution in [0.25, 0.3) is 22.3 Å². The van der Waals surface area contributed by atoms with Gasteiger partial charge in [-0.25, -0.2) is 0 Å². The first kappa shape index (κ1) is 11.8. The van der Waals surface area contributed by atoms with Crippen molar-refractivity contribution in [1.29, 1.82) is 0 Å². The van der Waals surface area contributed by atoms with E-state index in [0.717, 1.165) is 40.0 Å². The molecule has 0 spiro atoms. The first-order valence-electron chi connectivity index (χ1n) is 6.56. The molecule has 3 aromatic rings. The van der Waals surface area contributed by atoms with E-state index < -0.39 is 0 Å². The lowest BCUT2D eigenvalue weighted by Crippen LogP contribution is -1.92. The molecule has 0 saturated heterocycles. The highest BCUT2D eigenvalue weighted by molar-refractivity contribution is 5.83. The van der Waals surface area contributed by atoms with E-state index >= 15 is 0 Å². The smallest absolute Gasteiger partial charge is 0.135 e. The van der Waals surface area contributed by atoms with Crippen LogP contribution < -0.4 is 5.73 Å². The van der Waals surface area contributed by atoms with Gasteiger partial charge in [-0.1, -0.05) is 18.6 Å². The molecule has 2 aromatic carbocycles. The van der Waals surface area contributed by atoms with Crippen LogP contribution in [0.15, 0.2) is 46.9 Å². The van der Waals surface area contributed by atoms with Crippen molar-refractivity contribution in [3.05, 3.63) is 53.6 Å². The van der Waals surface area contributed by atoms with Crippen LogP contribution in [0, 0.1) is 6.92 Å². The fourth-order valence-electron chi connectivity index (χ4n) is 2.37. The number of anilines is 1. The van der Waals surface area contributed by atoms with E-state index in [2.05, 4.69) is 38.1 Å². The molecule has 0 bridgehead atoms. The van der Waals surface area contributed by atoms with Gasteiger partial charge in [0, 0.05) is 16.6 Å². The maximum atomic E-state index is 5.94. The maximum Gasteiger partial charge on any atom is 0.135 e. The highest BCUT2D eigenvalue weighted by atomic mass is 16.3. The number of furan rings is 1. The Morgan fingerprint density at radius 3 is 2.68 bits per heavy atom. The number of hydrogen-bond acceptors (Lipinski definition) is 2. The molecule has 0 saturated carbocycles. The first-order chi connectivity index (χ1) is 9.17. The lowest BCUT2D eigenvalue weighted by Gasteiger charge is -2.04. The van der Waals surface area contributed by atoms with Gasteiger partial charge in [-0.05, 0) is 55.3 Å². The largest absolute Gasteiger partial charge is 0.456 e. The van der Waals surface area contributed by atoms with Gasteiger partial charge >= 0.3 is 0 Å². The molecule has 0 fully saturated rings. The van der Waals surface area contributed by atoms with Crippen molar-refractivity contribution in [1.82, 2.24) is 0 Å². The summed E-state index contributed by atoms with van der Waals surface area (Å²) in [5.74, 6) is 0.898. The number of aryl methyl sites for hydroxylation is 2. The lowest BCUT2D eigenvalue weighted by atomic mass is 10.0. The standard InChI is InChI=1S/C17H17NO/c1-3-12-9-13(5-6-15(12)18)17-10-14-8-11(2)4-7-16(14)19-17/h4-10H,3,18H2,1-2H3. The minimum atomic E-state index is 0.846. The van der Waals surface area contributed by atoms with Gasteiger partial charge in [-0.15, -0.1) is 0 Å². The molecule has 2 nitrogen and oxygen atoms in total. The minimum absolute atomic E-state index is 0.846. The van der Waals surface area contributed by atoms with Gasteiger partial charge in [0.1, 0.15) is 11.3 Å². The van der Waals surface area contributed by atoms with Gasteiger partial charge in [0.25, 0.3) is 0 Å². The second-order valence-corrected chi connectivity index (χ2v) is 4.92. The Labute approximate surface area is 112 Å². The summed E-state index contributed by atoms with van der Waals surface area (Å²) < 4.78 is 5.91. The van der Waals surface area contributed by atoms with Gasteiger partial charge in [0.05, 0.1) is 0 Å². The summed E-state index contributed by atoms with van der Waals surface area (Å²) in [6.45, 7) is 4.20. The molecule has 1 heterocycles. The molecule has 0 aliphatic rings. The summed E-state index contributed by atoms with van der Waals surface area (Å²) in [6, 6.07) is 14.4. The van der Waals surface area contributed by atoms with Gasteiger partial charge in [-0.3, -0.25) is 0 Å². The van der Waals surface area contributed by atoms with Crippen molar-refractivity contribution in [2.75, 3.05) is 5.73 Å². The summed E-state index contributed by atoms with van der Waals surface area (Å²) in [4.78, 5) is 0. The summed E-state index contributed by atoms with van der Waals surface area (Å²) in [5, 5.41) is 1.14. The lowest BCUT2D eigenvalue weighted by molar-refractivity contribution is 0.631. The first-order valence-corrected chi connectivity index (χ1v) is 6.56. The number of rotatable bonds is 2. The van der Waals surface area contributed by atoms with Crippen LogP contribution in [-0.2, 0) is 6.42 Å². The second-order valence-electron chi connectivity index (χ2n) is 4.92. The molecule has 0 aliphatic heterocycles. The normalized spacial score (nSPS) is 11.1. The number of nitrogens with two attached hydrogens (primary N) is 1. The molecule has 96 valence electrons. The van der Waals surface area contributed by atoms with Crippen LogP contribution in [0.5, 0.6) is 0 Å². The van der Waals surface area contributed by atoms with E-state index in [-0.39, 0.29) is 0 Å². The summed E-state index contributed by atoms with van der Waals surface area (Å²) >= 11 is 0. The zero-order valence-electron chi connectivity index (χ0n) is 11.2. The van der Waals surface area contributed by atoms with Crippen LogP contribution >= 0.6 is 0 Å². The molecule has 0 unspecified atom stereocenters. The predicted octanol–water partition coefficient (Wildman–Crippen LogP) is 4.55. The average Bonchev–Trinajstić information content (AvgIpc) is 2.82. The third kappa shape index (κ3) is 2.10. The zero-order valence-corrected chi connectivity index (χ0v) is 11.2. The van der Waals surface area contributed by atoms with Crippen molar-refractivity contribution in [2.24, 2.45) is 0 Å². The molecular weight excluding hydrogens is 234 g/mol. The molecule has 1 aromatic heterocycles. The van der Waals surface area contributed by atoms with Crippen molar-refractivity contribution in [2.45, 2.75) is 20.3 Å². The Kier molecular flexibility index (Phi) is 2.79. The van der Waals surface area contributed by atoms with Crippen LogP contribution in [0.1, 0.15) is 18.1 Å². The van der Waals surface area contributed by atoms with Crippen LogP contribution in [0.4, 0.5) is 5.69 Å². The molecule has 0 radical (unpaired) electrons. The van der Waals surface area contributed by atoms with Crippen molar-refractivity contribution >= 4 is 16.7 Å². The number of nitrogen functional groups attached to an aromatic ring is 1. The number of hydrogen-bond donors (Lipinski definition) is 1. The van der Waals surface area contributed by atoms with Crippen LogP contribution in [-0.4, -0.2) is 0 Å². The molecule has 2 heteroatoms. The summed E-state index contributed by atoms with van der Waals surface area (Å²) in [5.41, 5.74) is 11.2. The van der Waals surface area contributed by atoms with Crippen molar-refractivity contribution in [3.63, 3.8) is 0 Å². The van der Waals surface area contributed by atoms with E-state index in [1.807, 2.05) is 18.2 Å². The highest BCUT2D eigenvalue weighted by Crippen LogP contribution is 2.30. The molecule has 0 atom stereocenters. The van der Waals surface area contributed by atoms with Crippen molar-refractivity contribution < 1.29 is 4.42 Å². The Morgan fingerprint density at radius 1 is 1.05 bits per heavy atom. The van der Waals surface area contributed by atoms with Gasteiger partial charge in [0.15, 0.2) is 0 Å². The zero-order chi connectivity index (χ0) is 13.4. The second kappa shape index (κ2) is 4.47. The van der Waals surface area contributed by atoms with E-state index in [0.29, 0.717) is 0 Å². The van der Waals surface area contributed by atoms with Gasteiger partial charge < -0.3 is 10.2 Å². The number of benzene rings is 2. The fourth-order valence-corrected chi connectivity index (χ4v) is 2.37. The predicted molar refractivity (Wildman–Crippen MR) is 80.2 cm³/mol. The minimum Gasteiger partial charge on any atom is -0.456 e. The van der Waals surface area contributed by atoms with E-state index in [1.165, 1.54) is 5.56 Å². The van der Waals surface area contributed by atoms with Crippen LogP contribution in [0.2, 0.25) is 0 Å². The Hall–Kier alpha value is -2.22. The van der Waals surface area contributed by atoms with Gasteiger partial charge in [-0.2, -0.15) is 0 Å². The monoisotopic (exact) mass is 251 g/mol. The molecule has 2 N–H and O–H groups in total. The molecule has 0 aliphatic carbocycles. The average molecular weight is 251 g/mol. The quantitative estimate of drug-likeness (QED) is 0.678. The van der Waals surface area contributed by atoms with Crippen molar-refractivity contribution in [3.8, 4) is 11.3 Å². The molecule has 19 heavy (non-hydrogen) atoms. The SMILES string of the molecule is CCc1cc(-c2cc3cc(C)ccc3o2)ccc1N. The highest BCUT2D eigenvalue weighted by Gasteiger charge is 2.08. The maximum absolute atomic E-state index is 5.94. The summed E-state index contributed by atoms with van der Waals surface area (Å²) in [7, 11) is 0. The van der Waals surface area contributed by atoms with Crippen LogP contribution in [0.3, 0.4) is 0 Å². The Balaban J connectivity index is 2.13. The van der Waals surface area contributed by atoms with E-state index in [4.69, 9.17) is 10.2 Å². The Bertz CT molecular complexity index is 740. The van der Waals surface area contributed by atoms with Gasteiger partial charge in [0.2, 0.25) is 0 Å². The molecular formula is C17H17NO. The third-order valence-corrected chi connectivity index (χ3v) is 3.48. The number of fused-ring (bicyclic) bond motifs is 1. The third-order valence-electron chi connectivity index (χ3n) is 3.48. The Morgan fingerprint density at radius 2 is 1.89 bits per heavy atom. The van der Waals surface area contributed by atoms with E-state index in [9.17, 15) is 0 Å². The molecule has 3 rings (SSSR count). The fraction of sp³-hybridized carbons (Fsp3) is 0.176. The molecule has 0 amide bonds. The summed E-state index contributed by atoms with van der Waals surface area (Å²) in [6.07, 6.45) is 0.930. The topological polar surface area (TPSA) is 39.2 Å². The van der Waals surface area contributed by atoms with E-state index in [1.54, 1.807) is 0 Å².